The maximum Gasteiger partial charge on any atom is 0.458 e. The van der Waals surface area contributed by atoms with E-state index in [0.717, 1.165) is 5.69 Å². The molecule has 0 saturated carbocycles. The molecule has 0 radical (unpaired) electrons. The van der Waals surface area contributed by atoms with E-state index >= 15 is 0 Å². The van der Waals surface area contributed by atoms with Gasteiger partial charge in [-0.05, 0) is 31.2 Å². The molecular formula is C14H12F4N2O2. The predicted molar refractivity (Wildman–Crippen MR) is 72.0 cm³/mol. The molecule has 22 heavy (non-hydrogen) atoms. The summed E-state index contributed by atoms with van der Waals surface area (Å²) in [5, 5.41) is 2.45. The number of amides is 1. The Morgan fingerprint density at radius 2 is 1.86 bits per heavy atom. The van der Waals surface area contributed by atoms with Crippen molar-refractivity contribution in [1.82, 2.24) is 4.98 Å². The first-order chi connectivity index (χ1) is 10.2. The topological polar surface area (TPSA) is 51.2 Å². The van der Waals surface area contributed by atoms with E-state index in [4.69, 9.17) is 0 Å². The monoisotopic (exact) mass is 316 g/mol. The molecule has 1 atom stereocenters. The number of benzene rings is 1. The third-order valence-corrected chi connectivity index (χ3v) is 3.02. The molecule has 0 aliphatic rings. The van der Waals surface area contributed by atoms with Crippen molar-refractivity contribution in [3.05, 3.63) is 36.0 Å². The molecule has 1 aromatic carbocycles. The summed E-state index contributed by atoms with van der Waals surface area (Å²) in [5.41, 5.74) is 1.38. The number of nitrogens with one attached hydrogen (secondary N) is 1. The lowest BCUT2D eigenvalue weighted by Crippen LogP contribution is -2.52. The second kappa shape index (κ2) is 5.53. The van der Waals surface area contributed by atoms with E-state index in [9.17, 15) is 22.4 Å². The SMILES string of the molecule is COC(F)(C(=O)Nc1ccc2nc(C)ccc2c1)C(F)(F)F. The average Bonchev–Trinajstić information content (AvgIpc) is 2.45. The lowest BCUT2D eigenvalue weighted by atomic mass is 10.1. The fourth-order valence-corrected chi connectivity index (χ4v) is 1.85. The maximum absolute atomic E-state index is 13.7. The van der Waals surface area contributed by atoms with Gasteiger partial charge in [0.2, 0.25) is 0 Å². The number of rotatable bonds is 3. The van der Waals surface area contributed by atoms with Crippen LogP contribution in [0.15, 0.2) is 30.3 Å². The number of alkyl halides is 4. The highest BCUT2D eigenvalue weighted by Crippen LogP contribution is 2.35. The molecule has 2 aromatic rings. The zero-order valence-corrected chi connectivity index (χ0v) is 11.7. The fraction of sp³-hybridized carbons (Fsp3) is 0.286. The summed E-state index contributed by atoms with van der Waals surface area (Å²) < 4.78 is 55.2. The van der Waals surface area contributed by atoms with Gasteiger partial charge < -0.3 is 10.1 Å². The van der Waals surface area contributed by atoms with Gasteiger partial charge in [0.1, 0.15) is 0 Å². The molecule has 0 aliphatic heterocycles. The quantitative estimate of drug-likeness (QED) is 0.884. The standard InChI is InChI=1S/C14H12F4N2O2/c1-8-3-4-9-7-10(5-6-11(9)19-8)20-12(21)13(15,22-2)14(16,17)18/h3-7H,1-2H3,(H,20,21). The minimum Gasteiger partial charge on any atom is -0.335 e. The van der Waals surface area contributed by atoms with Crippen LogP contribution in [0.3, 0.4) is 0 Å². The van der Waals surface area contributed by atoms with E-state index < -0.39 is 17.9 Å². The lowest BCUT2D eigenvalue weighted by Gasteiger charge is -2.24. The summed E-state index contributed by atoms with van der Waals surface area (Å²) in [4.78, 5) is 15.8. The van der Waals surface area contributed by atoms with Crippen molar-refractivity contribution in [1.29, 1.82) is 0 Å². The number of hydrogen-bond acceptors (Lipinski definition) is 3. The van der Waals surface area contributed by atoms with Gasteiger partial charge in [-0.1, -0.05) is 6.07 Å². The van der Waals surface area contributed by atoms with Crippen LogP contribution in [0.2, 0.25) is 0 Å². The van der Waals surface area contributed by atoms with Crippen LogP contribution in [0.25, 0.3) is 10.9 Å². The number of methoxy groups -OCH3 is 1. The molecule has 1 N–H and O–H groups in total. The van der Waals surface area contributed by atoms with Gasteiger partial charge in [-0.15, -0.1) is 0 Å². The van der Waals surface area contributed by atoms with E-state index in [1.54, 1.807) is 19.1 Å². The van der Waals surface area contributed by atoms with Crippen molar-refractivity contribution in [3.8, 4) is 0 Å². The molecule has 0 saturated heterocycles. The maximum atomic E-state index is 13.7. The van der Waals surface area contributed by atoms with E-state index in [1.807, 2.05) is 5.32 Å². The first kappa shape index (κ1) is 16.2. The number of halogens is 4. The van der Waals surface area contributed by atoms with Crippen molar-refractivity contribution in [2.75, 3.05) is 12.4 Å². The van der Waals surface area contributed by atoms with Gasteiger partial charge in [-0.2, -0.15) is 17.6 Å². The third-order valence-electron chi connectivity index (χ3n) is 3.02. The number of nitrogens with zero attached hydrogens (tertiary/aromatic N) is 1. The molecular weight excluding hydrogens is 304 g/mol. The van der Waals surface area contributed by atoms with Crippen molar-refractivity contribution >= 4 is 22.5 Å². The number of pyridine rings is 1. The summed E-state index contributed by atoms with van der Waals surface area (Å²) in [7, 11) is 0.472. The van der Waals surface area contributed by atoms with Gasteiger partial charge in [0, 0.05) is 23.9 Å². The Morgan fingerprint density at radius 1 is 1.18 bits per heavy atom. The van der Waals surface area contributed by atoms with Crippen molar-refractivity contribution in [3.63, 3.8) is 0 Å². The summed E-state index contributed by atoms with van der Waals surface area (Å²) in [6.45, 7) is 1.79. The highest BCUT2D eigenvalue weighted by atomic mass is 19.4. The molecule has 0 fully saturated rings. The van der Waals surface area contributed by atoms with Crippen molar-refractivity contribution < 1.29 is 27.1 Å². The Hall–Kier alpha value is -2.22. The number of anilines is 1. The summed E-state index contributed by atoms with van der Waals surface area (Å²) >= 11 is 0. The molecule has 1 amide bonds. The first-order valence-corrected chi connectivity index (χ1v) is 6.17. The second-order valence-corrected chi connectivity index (χ2v) is 4.61. The number of carbonyl (C=O) groups is 1. The van der Waals surface area contributed by atoms with Crippen LogP contribution in [-0.2, 0) is 9.53 Å². The van der Waals surface area contributed by atoms with Crippen LogP contribution >= 0.6 is 0 Å². The molecule has 0 aliphatic carbocycles. The van der Waals surface area contributed by atoms with Crippen LogP contribution in [0.1, 0.15) is 5.69 Å². The summed E-state index contributed by atoms with van der Waals surface area (Å²) in [6, 6.07) is 7.64. The van der Waals surface area contributed by atoms with E-state index in [0.29, 0.717) is 18.0 Å². The normalized spacial score (nSPS) is 14.6. The van der Waals surface area contributed by atoms with Gasteiger partial charge in [0.05, 0.1) is 5.52 Å². The average molecular weight is 316 g/mol. The molecule has 1 heterocycles. The molecule has 1 aromatic heterocycles. The summed E-state index contributed by atoms with van der Waals surface area (Å²) in [5.74, 6) is -6.35. The second-order valence-electron chi connectivity index (χ2n) is 4.61. The number of ether oxygens (including phenoxy) is 1. The third kappa shape index (κ3) is 2.87. The van der Waals surface area contributed by atoms with Crippen LogP contribution in [0.4, 0.5) is 23.2 Å². The number of fused-ring (bicyclic) bond motifs is 1. The van der Waals surface area contributed by atoms with Crippen LogP contribution in [0.5, 0.6) is 0 Å². The Balaban J connectivity index is 2.30. The van der Waals surface area contributed by atoms with E-state index in [-0.39, 0.29) is 5.69 Å². The first-order valence-electron chi connectivity index (χ1n) is 6.17. The molecule has 0 spiro atoms. The van der Waals surface area contributed by atoms with Gasteiger partial charge >= 0.3 is 12.0 Å². The van der Waals surface area contributed by atoms with Gasteiger partial charge in [0.15, 0.2) is 0 Å². The Morgan fingerprint density at radius 3 is 2.45 bits per heavy atom. The number of carbonyl (C=O) groups excluding carboxylic acids is 1. The molecule has 0 bridgehead atoms. The lowest BCUT2D eigenvalue weighted by molar-refractivity contribution is -0.305. The Labute approximate surface area is 123 Å². The van der Waals surface area contributed by atoms with E-state index in [2.05, 4.69) is 9.72 Å². The van der Waals surface area contributed by atoms with Gasteiger partial charge in [-0.25, -0.2) is 0 Å². The Kier molecular flexibility index (Phi) is 4.06. The van der Waals surface area contributed by atoms with Crippen LogP contribution in [-0.4, -0.2) is 30.0 Å². The molecule has 2 rings (SSSR count). The number of aromatic nitrogens is 1. The van der Waals surface area contributed by atoms with Gasteiger partial charge in [0.25, 0.3) is 5.91 Å². The van der Waals surface area contributed by atoms with E-state index in [1.165, 1.54) is 18.2 Å². The van der Waals surface area contributed by atoms with Crippen molar-refractivity contribution in [2.45, 2.75) is 19.0 Å². The minimum absolute atomic E-state index is 0.00600. The molecule has 8 heteroatoms. The van der Waals surface area contributed by atoms with Crippen LogP contribution in [0, 0.1) is 6.92 Å². The number of aryl methyl sites for hydroxylation is 1. The minimum atomic E-state index is -5.48. The predicted octanol–water partition coefficient (Wildman–Crippen LogP) is 3.36. The summed E-state index contributed by atoms with van der Waals surface area (Å²) in [6.07, 6.45) is -5.48. The molecule has 118 valence electrons. The highest BCUT2D eigenvalue weighted by molar-refractivity contribution is 5.98. The smallest absolute Gasteiger partial charge is 0.335 e. The largest absolute Gasteiger partial charge is 0.458 e. The van der Waals surface area contributed by atoms with Crippen molar-refractivity contribution in [2.24, 2.45) is 0 Å². The number of hydrogen-bond donors (Lipinski definition) is 1. The zero-order valence-electron chi connectivity index (χ0n) is 11.7. The van der Waals surface area contributed by atoms with Gasteiger partial charge in [-0.3, -0.25) is 9.78 Å². The Bertz CT molecular complexity index is 718. The zero-order chi connectivity index (χ0) is 16.5. The highest BCUT2D eigenvalue weighted by Gasteiger charge is 2.63. The molecule has 4 nitrogen and oxygen atoms in total. The molecule has 1 unspecified atom stereocenters. The van der Waals surface area contributed by atoms with Crippen LogP contribution < -0.4 is 5.32 Å². The fourth-order valence-electron chi connectivity index (χ4n) is 1.85.